The van der Waals surface area contributed by atoms with E-state index in [0.29, 0.717) is 10.8 Å². The Morgan fingerprint density at radius 3 is 3.00 bits per heavy atom. The first-order valence-electron chi connectivity index (χ1n) is 5.34. The zero-order chi connectivity index (χ0) is 13.1. The van der Waals surface area contributed by atoms with E-state index in [1.54, 1.807) is 6.92 Å². The highest BCUT2D eigenvalue weighted by Gasteiger charge is 2.10. The zero-order valence-corrected chi connectivity index (χ0v) is 10.8. The molecule has 2 rings (SSSR count). The van der Waals surface area contributed by atoms with Crippen LogP contribution in [-0.4, -0.2) is 31.0 Å². The molecule has 0 aliphatic carbocycles. The third-order valence-electron chi connectivity index (χ3n) is 2.16. The molecule has 2 heterocycles. The van der Waals surface area contributed by atoms with Crippen LogP contribution in [0.4, 0.5) is 5.13 Å². The molecular formula is C10H13N5O2S. The molecule has 1 unspecified atom stereocenters. The highest BCUT2D eigenvalue weighted by molar-refractivity contribution is 7.13. The van der Waals surface area contributed by atoms with E-state index in [1.807, 2.05) is 12.3 Å². The van der Waals surface area contributed by atoms with Crippen LogP contribution in [0.5, 0.6) is 0 Å². The van der Waals surface area contributed by atoms with Gasteiger partial charge in [-0.3, -0.25) is 4.79 Å². The fraction of sp³-hybridized carbons (Fsp3) is 0.400. The van der Waals surface area contributed by atoms with Crippen molar-refractivity contribution in [2.75, 3.05) is 5.32 Å². The van der Waals surface area contributed by atoms with Crippen LogP contribution in [0.2, 0.25) is 0 Å². The van der Waals surface area contributed by atoms with Crippen LogP contribution in [0.1, 0.15) is 24.4 Å². The van der Waals surface area contributed by atoms with Gasteiger partial charge < -0.3 is 10.4 Å². The summed E-state index contributed by atoms with van der Waals surface area (Å²) in [6, 6.07) is 0. The Balaban J connectivity index is 1.94. The summed E-state index contributed by atoms with van der Waals surface area (Å²) in [5.41, 5.74) is 1.31. The minimum absolute atomic E-state index is 0.0400. The predicted octanol–water partition coefficient (Wildman–Crippen LogP) is 0.735. The Labute approximate surface area is 107 Å². The van der Waals surface area contributed by atoms with Gasteiger partial charge in [0.05, 0.1) is 18.0 Å². The molecule has 0 fully saturated rings. The van der Waals surface area contributed by atoms with Crippen LogP contribution in [0.3, 0.4) is 0 Å². The first-order chi connectivity index (χ1) is 8.54. The van der Waals surface area contributed by atoms with Gasteiger partial charge >= 0.3 is 0 Å². The smallest absolute Gasteiger partial charge is 0.247 e. The number of amides is 1. The quantitative estimate of drug-likeness (QED) is 0.852. The second-order valence-corrected chi connectivity index (χ2v) is 4.72. The number of aliphatic hydroxyl groups excluding tert-OH is 1. The molecule has 0 spiro atoms. The molecule has 2 aromatic heterocycles. The maximum Gasteiger partial charge on any atom is 0.247 e. The molecule has 0 bridgehead atoms. The lowest BCUT2D eigenvalue weighted by molar-refractivity contribution is -0.116. The number of carbonyl (C=O) groups is 1. The van der Waals surface area contributed by atoms with Crippen LogP contribution in [0, 0.1) is 6.92 Å². The van der Waals surface area contributed by atoms with E-state index >= 15 is 0 Å². The Bertz CT molecular complexity index is 548. The standard InChI is InChI=1S/C10H13N5O2S/c1-6-5-18-10(11-6)12-9(17)4-15-3-8(7(2)16)13-14-15/h3,5,7,16H,4H2,1-2H3,(H,11,12,17). The number of nitrogens with zero attached hydrogens (tertiary/aromatic N) is 4. The van der Waals surface area contributed by atoms with Crippen molar-refractivity contribution < 1.29 is 9.90 Å². The van der Waals surface area contributed by atoms with Gasteiger partial charge in [-0.15, -0.1) is 16.4 Å². The SMILES string of the molecule is Cc1csc(NC(=O)Cn2cc(C(C)O)nn2)n1. The Kier molecular flexibility index (Phi) is 3.68. The van der Waals surface area contributed by atoms with Crippen molar-refractivity contribution in [1.29, 1.82) is 0 Å². The monoisotopic (exact) mass is 267 g/mol. The minimum Gasteiger partial charge on any atom is -0.387 e. The molecule has 96 valence electrons. The number of aromatic nitrogens is 4. The molecule has 1 amide bonds. The van der Waals surface area contributed by atoms with E-state index in [0.717, 1.165) is 5.69 Å². The average Bonchev–Trinajstić information content (AvgIpc) is 2.88. The Morgan fingerprint density at radius 2 is 2.44 bits per heavy atom. The molecule has 0 saturated heterocycles. The van der Waals surface area contributed by atoms with Crippen molar-refractivity contribution in [3.63, 3.8) is 0 Å². The number of hydrogen-bond acceptors (Lipinski definition) is 6. The Morgan fingerprint density at radius 1 is 1.67 bits per heavy atom. The van der Waals surface area contributed by atoms with Gasteiger partial charge in [0.2, 0.25) is 5.91 Å². The second-order valence-electron chi connectivity index (χ2n) is 3.86. The van der Waals surface area contributed by atoms with E-state index in [-0.39, 0.29) is 12.5 Å². The summed E-state index contributed by atoms with van der Waals surface area (Å²) < 4.78 is 1.37. The minimum atomic E-state index is -0.691. The van der Waals surface area contributed by atoms with Gasteiger partial charge in [-0.05, 0) is 13.8 Å². The van der Waals surface area contributed by atoms with Crippen molar-refractivity contribution in [2.24, 2.45) is 0 Å². The molecule has 0 radical (unpaired) electrons. The lowest BCUT2D eigenvalue weighted by atomic mass is 10.3. The number of aryl methyl sites for hydroxylation is 1. The molecule has 7 nitrogen and oxygen atoms in total. The van der Waals surface area contributed by atoms with E-state index < -0.39 is 6.10 Å². The number of hydrogen-bond donors (Lipinski definition) is 2. The third kappa shape index (κ3) is 3.11. The molecule has 0 saturated carbocycles. The summed E-state index contributed by atoms with van der Waals surface area (Å²) in [4.78, 5) is 15.8. The molecule has 8 heteroatoms. The summed E-state index contributed by atoms with van der Waals surface area (Å²) in [7, 11) is 0. The number of aliphatic hydroxyl groups is 1. The van der Waals surface area contributed by atoms with E-state index in [2.05, 4.69) is 20.6 Å². The molecule has 18 heavy (non-hydrogen) atoms. The van der Waals surface area contributed by atoms with Gasteiger partial charge in [-0.25, -0.2) is 9.67 Å². The average molecular weight is 267 g/mol. The van der Waals surface area contributed by atoms with Crippen LogP contribution in [-0.2, 0) is 11.3 Å². The molecule has 0 aliphatic rings. The van der Waals surface area contributed by atoms with Crippen LogP contribution in [0.15, 0.2) is 11.6 Å². The highest BCUT2D eigenvalue weighted by atomic mass is 32.1. The number of carbonyl (C=O) groups excluding carboxylic acids is 1. The summed E-state index contributed by atoms with van der Waals surface area (Å²) in [5, 5.41) is 21.9. The van der Waals surface area contributed by atoms with Crippen molar-refractivity contribution in [3.05, 3.63) is 23.0 Å². The zero-order valence-electron chi connectivity index (χ0n) is 9.99. The summed E-state index contributed by atoms with van der Waals surface area (Å²) in [6.45, 7) is 3.49. The van der Waals surface area contributed by atoms with E-state index in [9.17, 15) is 9.90 Å². The van der Waals surface area contributed by atoms with Gasteiger partial charge in [0.25, 0.3) is 0 Å². The van der Waals surface area contributed by atoms with E-state index in [1.165, 1.54) is 22.2 Å². The van der Waals surface area contributed by atoms with Crippen molar-refractivity contribution >= 4 is 22.4 Å². The van der Waals surface area contributed by atoms with Crippen LogP contribution < -0.4 is 5.32 Å². The Hall–Kier alpha value is -1.80. The van der Waals surface area contributed by atoms with Gasteiger partial charge in [0.1, 0.15) is 12.2 Å². The topological polar surface area (TPSA) is 92.9 Å². The summed E-state index contributed by atoms with van der Waals surface area (Å²) >= 11 is 1.37. The molecular weight excluding hydrogens is 254 g/mol. The lowest BCUT2D eigenvalue weighted by Crippen LogP contribution is -2.19. The van der Waals surface area contributed by atoms with Crippen LogP contribution in [0.25, 0.3) is 0 Å². The number of rotatable bonds is 4. The fourth-order valence-electron chi connectivity index (χ4n) is 1.30. The highest BCUT2D eigenvalue weighted by Crippen LogP contribution is 2.14. The lowest BCUT2D eigenvalue weighted by Gasteiger charge is -2.00. The maximum absolute atomic E-state index is 11.7. The number of nitrogens with one attached hydrogen (secondary N) is 1. The second kappa shape index (κ2) is 5.23. The number of anilines is 1. The number of thiazole rings is 1. The molecule has 0 aliphatic heterocycles. The largest absolute Gasteiger partial charge is 0.387 e. The summed E-state index contributed by atoms with van der Waals surface area (Å²) in [5.74, 6) is -0.230. The molecule has 2 aromatic rings. The fourth-order valence-corrected chi connectivity index (χ4v) is 2.00. The van der Waals surface area contributed by atoms with Gasteiger partial charge in [0.15, 0.2) is 5.13 Å². The third-order valence-corrected chi connectivity index (χ3v) is 3.03. The first kappa shape index (κ1) is 12.7. The molecule has 2 N–H and O–H groups in total. The van der Waals surface area contributed by atoms with Gasteiger partial charge in [-0.1, -0.05) is 5.21 Å². The molecule has 1 atom stereocenters. The van der Waals surface area contributed by atoms with Gasteiger partial charge in [0, 0.05) is 5.38 Å². The normalized spacial score (nSPS) is 12.4. The molecule has 0 aromatic carbocycles. The van der Waals surface area contributed by atoms with Gasteiger partial charge in [-0.2, -0.15) is 0 Å². The maximum atomic E-state index is 11.7. The first-order valence-corrected chi connectivity index (χ1v) is 6.22. The predicted molar refractivity (Wildman–Crippen MR) is 66.1 cm³/mol. The van der Waals surface area contributed by atoms with Crippen LogP contribution >= 0.6 is 11.3 Å². The van der Waals surface area contributed by atoms with Crippen molar-refractivity contribution in [3.8, 4) is 0 Å². The van der Waals surface area contributed by atoms with Crippen molar-refractivity contribution in [1.82, 2.24) is 20.0 Å². The summed E-state index contributed by atoms with van der Waals surface area (Å²) in [6.07, 6.45) is 0.848. The van der Waals surface area contributed by atoms with E-state index in [4.69, 9.17) is 0 Å². The van der Waals surface area contributed by atoms with Crippen molar-refractivity contribution in [2.45, 2.75) is 26.5 Å².